The van der Waals surface area contributed by atoms with Crippen molar-refractivity contribution in [3.8, 4) is 0 Å². The molecule has 1 aliphatic heterocycles. The molecule has 3 fully saturated rings. The van der Waals surface area contributed by atoms with Crippen molar-refractivity contribution in [2.75, 3.05) is 26.2 Å². The first-order valence-corrected chi connectivity index (χ1v) is 10.2. The molecule has 2 saturated carbocycles. The van der Waals surface area contributed by atoms with Gasteiger partial charge in [0.25, 0.3) is 0 Å². The van der Waals surface area contributed by atoms with Gasteiger partial charge in [-0.05, 0) is 49.8 Å². The maximum atomic E-state index is 12.8. The molecule has 2 amide bonds. The molecule has 3 aliphatic rings. The molecule has 1 aromatic rings. The van der Waals surface area contributed by atoms with Crippen LogP contribution >= 0.6 is 0 Å². The lowest BCUT2D eigenvalue weighted by Gasteiger charge is -2.37. The third kappa shape index (κ3) is 4.57. The Morgan fingerprint density at radius 1 is 1.07 bits per heavy atom. The second-order valence-corrected chi connectivity index (χ2v) is 8.39. The highest BCUT2D eigenvalue weighted by molar-refractivity contribution is 5.83. The standard InChI is InChI=1S/C21H26F3N3O2/c1-13(19(28)25-16-6-7-16)26-8-10-27(11-9-26)20(29)18-12-17(18)14-2-4-15(5-3-14)21(22,23)24/h2-5,13,16-18H,6-12H2,1H3,(H,25,28). The van der Waals surface area contributed by atoms with Crippen LogP contribution in [0.1, 0.15) is 43.2 Å². The van der Waals surface area contributed by atoms with Gasteiger partial charge < -0.3 is 10.2 Å². The topological polar surface area (TPSA) is 52.7 Å². The van der Waals surface area contributed by atoms with Crippen LogP contribution in [0.25, 0.3) is 0 Å². The summed E-state index contributed by atoms with van der Waals surface area (Å²) >= 11 is 0. The monoisotopic (exact) mass is 409 g/mol. The number of nitrogens with one attached hydrogen (secondary N) is 1. The van der Waals surface area contributed by atoms with Crippen molar-refractivity contribution >= 4 is 11.8 Å². The number of hydrogen-bond donors (Lipinski definition) is 1. The number of halogens is 3. The molecule has 0 radical (unpaired) electrons. The Balaban J connectivity index is 1.26. The SMILES string of the molecule is CC(C(=O)NC1CC1)N1CCN(C(=O)C2CC2c2ccc(C(F)(F)F)cc2)CC1. The predicted octanol–water partition coefficient (Wildman–Crippen LogP) is 2.62. The first kappa shape index (κ1) is 20.2. The lowest BCUT2D eigenvalue weighted by Crippen LogP contribution is -2.55. The molecule has 1 heterocycles. The van der Waals surface area contributed by atoms with Crippen LogP contribution in [0, 0.1) is 5.92 Å². The van der Waals surface area contributed by atoms with Gasteiger partial charge in [0.2, 0.25) is 11.8 Å². The Labute approximate surface area is 168 Å². The fourth-order valence-electron chi connectivity index (χ4n) is 4.04. The summed E-state index contributed by atoms with van der Waals surface area (Å²) < 4.78 is 38.1. The number of amides is 2. The molecule has 158 valence electrons. The van der Waals surface area contributed by atoms with E-state index >= 15 is 0 Å². The Morgan fingerprint density at radius 2 is 1.69 bits per heavy atom. The van der Waals surface area contributed by atoms with Crippen LogP contribution < -0.4 is 5.32 Å². The fourth-order valence-corrected chi connectivity index (χ4v) is 4.04. The number of piperazine rings is 1. The number of carbonyl (C=O) groups is 2. The fraction of sp³-hybridized carbons (Fsp3) is 0.619. The summed E-state index contributed by atoms with van der Waals surface area (Å²) in [4.78, 5) is 28.9. The molecule has 1 aromatic carbocycles. The van der Waals surface area contributed by atoms with Gasteiger partial charge in [-0.1, -0.05) is 12.1 Å². The van der Waals surface area contributed by atoms with Gasteiger partial charge in [-0.25, -0.2) is 0 Å². The van der Waals surface area contributed by atoms with Crippen molar-refractivity contribution in [2.24, 2.45) is 5.92 Å². The average molecular weight is 409 g/mol. The van der Waals surface area contributed by atoms with Crippen molar-refractivity contribution in [3.63, 3.8) is 0 Å². The zero-order valence-corrected chi connectivity index (χ0v) is 16.4. The number of rotatable bonds is 5. The minimum atomic E-state index is -4.34. The lowest BCUT2D eigenvalue weighted by atomic mass is 10.1. The average Bonchev–Trinajstić information content (AvgIpc) is 3.61. The second-order valence-electron chi connectivity index (χ2n) is 8.39. The first-order valence-electron chi connectivity index (χ1n) is 10.2. The van der Waals surface area contributed by atoms with Gasteiger partial charge in [0.1, 0.15) is 0 Å². The number of hydrogen-bond acceptors (Lipinski definition) is 3. The molecule has 1 saturated heterocycles. The van der Waals surface area contributed by atoms with Gasteiger partial charge in [-0.15, -0.1) is 0 Å². The van der Waals surface area contributed by atoms with Gasteiger partial charge in [0.15, 0.2) is 0 Å². The van der Waals surface area contributed by atoms with E-state index in [1.807, 2.05) is 11.8 Å². The highest BCUT2D eigenvalue weighted by atomic mass is 19.4. The molecule has 0 bridgehead atoms. The zero-order valence-electron chi connectivity index (χ0n) is 16.4. The van der Waals surface area contributed by atoms with E-state index in [-0.39, 0.29) is 29.7 Å². The minimum Gasteiger partial charge on any atom is -0.352 e. The Kier molecular flexibility index (Phi) is 5.31. The van der Waals surface area contributed by atoms with Crippen LogP contribution in [-0.2, 0) is 15.8 Å². The number of carbonyl (C=O) groups excluding carboxylic acids is 2. The third-order valence-electron chi connectivity index (χ3n) is 6.25. The maximum absolute atomic E-state index is 12.8. The quantitative estimate of drug-likeness (QED) is 0.814. The van der Waals surface area contributed by atoms with E-state index < -0.39 is 11.7 Å². The van der Waals surface area contributed by atoms with Gasteiger partial charge in [0, 0.05) is 38.1 Å². The van der Waals surface area contributed by atoms with E-state index in [9.17, 15) is 22.8 Å². The molecular weight excluding hydrogens is 383 g/mol. The largest absolute Gasteiger partial charge is 0.416 e. The van der Waals surface area contributed by atoms with Crippen LogP contribution in [-0.4, -0.2) is 59.9 Å². The van der Waals surface area contributed by atoms with Crippen molar-refractivity contribution < 1.29 is 22.8 Å². The summed E-state index contributed by atoms with van der Waals surface area (Å²) in [5, 5.41) is 3.02. The van der Waals surface area contributed by atoms with Gasteiger partial charge >= 0.3 is 6.18 Å². The predicted molar refractivity (Wildman–Crippen MR) is 101 cm³/mol. The van der Waals surface area contributed by atoms with Crippen molar-refractivity contribution in [1.29, 1.82) is 0 Å². The summed E-state index contributed by atoms with van der Waals surface area (Å²) in [7, 11) is 0. The Hall–Kier alpha value is -2.09. The summed E-state index contributed by atoms with van der Waals surface area (Å²) in [6.07, 6.45) is -1.54. The van der Waals surface area contributed by atoms with Crippen LogP contribution in [0.4, 0.5) is 13.2 Å². The van der Waals surface area contributed by atoms with Crippen LogP contribution in [0.3, 0.4) is 0 Å². The molecule has 4 rings (SSSR count). The summed E-state index contributed by atoms with van der Waals surface area (Å²) in [5.74, 6) is -0.0126. The number of nitrogens with zero attached hydrogens (tertiary/aromatic N) is 2. The van der Waals surface area contributed by atoms with E-state index in [2.05, 4.69) is 10.2 Å². The van der Waals surface area contributed by atoms with Crippen LogP contribution in [0.5, 0.6) is 0 Å². The molecule has 2 aliphatic carbocycles. The Bertz CT molecular complexity index is 768. The molecule has 3 unspecified atom stereocenters. The van der Waals surface area contributed by atoms with E-state index in [4.69, 9.17) is 0 Å². The number of benzene rings is 1. The molecule has 3 atom stereocenters. The number of alkyl halides is 3. The molecule has 5 nitrogen and oxygen atoms in total. The van der Waals surface area contributed by atoms with E-state index in [0.717, 1.165) is 30.5 Å². The van der Waals surface area contributed by atoms with Crippen molar-refractivity contribution in [3.05, 3.63) is 35.4 Å². The van der Waals surface area contributed by atoms with Crippen LogP contribution in [0.2, 0.25) is 0 Å². The molecule has 0 spiro atoms. The van der Waals surface area contributed by atoms with E-state index in [1.165, 1.54) is 12.1 Å². The van der Waals surface area contributed by atoms with E-state index in [0.29, 0.717) is 38.6 Å². The second kappa shape index (κ2) is 7.63. The van der Waals surface area contributed by atoms with Gasteiger partial charge in [0.05, 0.1) is 11.6 Å². The summed E-state index contributed by atoms with van der Waals surface area (Å²) in [6, 6.07) is 5.28. The van der Waals surface area contributed by atoms with Crippen LogP contribution in [0.15, 0.2) is 24.3 Å². The third-order valence-corrected chi connectivity index (χ3v) is 6.25. The summed E-state index contributed by atoms with van der Waals surface area (Å²) in [5.41, 5.74) is 0.126. The van der Waals surface area contributed by atoms with Gasteiger partial charge in [-0.2, -0.15) is 13.2 Å². The first-order chi connectivity index (χ1) is 13.7. The molecule has 8 heteroatoms. The lowest BCUT2D eigenvalue weighted by molar-refractivity contribution is -0.138. The highest BCUT2D eigenvalue weighted by Crippen LogP contribution is 2.49. The summed E-state index contributed by atoms with van der Waals surface area (Å²) in [6.45, 7) is 4.37. The smallest absolute Gasteiger partial charge is 0.352 e. The van der Waals surface area contributed by atoms with E-state index in [1.54, 1.807) is 0 Å². The minimum absolute atomic E-state index is 0.00561. The normalized spacial score (nSPS) is 26.1. The maximum Gasteiger partial charge on any atom is 0.416 e. The molecule has 1 N–H and O–H groups in total. The van der Waals surface area contributed by atoms with Gasteiger partial charge in [-0.3, -0.25) is 14.5 Å². The zero-order chi connectivity index (χ0) is 20.8. The van der Waals surface area contributed by atoms with Crippen molar-refractivity contribution in [1.82, 2.24) is 15.1 Å². The Morgan fingerprint density at radius 3 is 2.24 bits per heavy atom. The molecule has 0 aromatic heterocycles. The highest BCUT2D eigenvalue weighted by Gasteiger charge is 2.46. The molecule has 29 heavy (non-hydrogen) atoms. The molecular formula is C21H26F3N3O2. The van der Waals surface area contributed by atoms with Crippen molar-refractivity contribution in [2.45, 2.75) is 50.4 Å².